The summed E-state index contributed by atoms with van der Waals surface area (Å²) < 4.78 is 38.3. The molecule has 3 aromatic rings. The molecule has 0 aliphatic carbocycles. The Balaban J connectivity index is 1.45. The van der Waals surface area contributed by atoms with Gasteiger partial charge in [-0.3, -0.25) is 9.69 Å². The lowest BCUT2D eigenvalue weighted by Gasteiger charge is -2.31. The minimum absolute atomic E-state index is 0.00483. The summed E-state index contributed by atoms with van der Waals surface area (Å²) in [4.78, 5) is 22.1. The number of H-pyrrole nitrogens is 2. The van der Waals surface area contributed by atoms with E-state index in [2.05, 4.69) is 9.97 Å². The van der Waals surface area contributed by atoms with Crippen LogP contribution in [0.5, 0.6) is 0 Å². The Labute approximate surface area is 163 Å². The molecule has 0 saturated carbocycles. The number of amides is 1. The molecule has 9 heteroatoms. The zero-order valence-electron chi connectivity index (χ0n) is 14.7. The summed E-state index contributed by atoms with van der Waals surface area (Å²) in [6.07, 6.45) is -3.55. The molecule has 0 bridgehead atoms. The zero-order valence-corrected chi connectivity index (χ0v) is 15.4. The first kappa shape index (κ1) is 18.6. The van der Waals surface area contributed by atoms with Crippen LogP contribution >= 0.6 is 11.6 Å². The Morgan fingerprint density at radius 2 is 1.82 bits per heavy atom. The number of halogens is 4. The number of carbonyl (C=O) groups is 1. The van der Waals surface area contributed by atoms with Gasteiger partial charge >= 0.3 is 6.18 Å². The minimum atomic E-state index is -4.45. The smallest absolute Gasteiger partial charge is 0.351 e. The molecule has 1 aliphatic rings. The second-order valence-corrected chi connectivity index (χ2v) is 7.04. The van der Waals surface area contributed by atoms with Crippen LogP contribution in [0.25, 0.3) is 10.9 Å². The highest BCUT2D eigenvalue weighted by Crippen LogP contribution is 2.32. The van der Waals surface area contributed by atoms with E-state index in [1.165, 1.54) is 0 Å². The fourth-order valence-corrected chi connectivity index (χ4v) is 3.65. The fraction of sp³-hybridized carbons (Fsp3) is 0.263. The monoisotopic (exact) mass is 409 g/mol. The third-order valence-electron chi connectivity index (χ3n) is 4.84. The number of para-hydroxylation sites is 1. The van der Waals surface area contributed by atoms with Gasteiger partial charge < -0.3 is 9.88 Å². The molecule has 2 aromatic heterocycles. The molecule has 146 valence electrons. The van der Waals surface area contributed by atoms with Crippen LogP contribution in [-0.4, -0.2) is 42.0 Å². The Kier molecular flexibility index (Phi) is 4.66. The third-order valence-corrected chi connectivity index (χ3v) is 5.13. The van der Waals surface area contributed by atoms with Gasteiger partial charge in [-0.05, 0) is 18.2 Å². The van der Waals surface area contributed by atoms with Gasteiger partial charge in [0.25, 0.3) is 11.7 Å². The van der Waals surface area contributed by atoms with Crippen molar-refractivity contribution in [2.45, 2.75) is 6.18 Å². The number of benzene rings is 1. The Hall–Kier alpha value is -2.74. The highest BCUT2D eigenvalue weighted by atomic mass is 35.5. The van der Waals surface area contributed by atoms with E-state index >= 15 is 0 Å². The summed E-state index contributed by atoms with van der Waals surface area (Å²) in [7, 11) is 0. The van der Waals surface area contributed by atoms with E-state index in [0.717, 1.165) is 23.2 Å². The lowest BCUT2D eigenvalue weighted by atomic mass is 10.2. The Morgan fingerprint density at radius 1 is 1.11 bits per heavy atom. The highest BCUT2D eigenvalue weighted by molar-refractivity contribution is 6.32. The predicted octanol–water partition coefficient (Wildman–Crippen LogP) is 3.62. The molecule has 3 heterocycles. The second-order valence-electron chi connectivity index (χ2n) is 6.63. The number of fused-ring (bicyclic) bond motifs is 1. The third kappa shape index (κ3) is 3.52. The second kappa shape index (κ2) is 7.01. The molecule has 1 saturated heterocycles. The molecule has 1 fully saturated rings. The van der Waals surface area contributed by atoms with Gasteiger partial charge in [-0.25, -0.2) is 4.98 Å². The first-order chi connectivity index (χ1) is 13.3. The van der Waals surface area contributed by atoms with Crippen LogP contribution < -0.4 is 9.88 Å². The van der Waals surface area contributed by atoms with E-state index in [-0.39, 0.29) is 10.9 Å². The summed E-state index contributed by atoms with van der Waals surface area (Å²) in [5.41, 5.74) is 0.596. The van der Waals surface area contributed by atoms with Gasteiger partial charge in [0, 0.05) is 10.9 Å². The van der Waals surface area contributed by atoms with Crippen LogP contribution in [0.4, 0.5) is 19.0 Å². The molecule has 4 rings (SSSR count). The van der Waals surface area contributed by atoms with E-state index < -0.39 is 11.7 Å². The molecule has 0 spiro atoms. The molecule has 28 heavy (non-hydrogen) atoms. The van der Waals surface area contributed by atoms with E-state index in [4.69, 9.17) is 11.6 Å². The van der Waals surface area contributed by atoms with Gasteiger partial charge in [0.2, 0.25) is 0 Å². The molecule has 1 aliphatic heterocycles. The molecular formula is C19H17ClF3N4O+. The van der Waals surface area contributed by atoms with Crippen molar-refractivity contribution in [3.63, 3.8) is 0 Å². The Morgan fingerprint density at radius 3 is 2.46 bits per heavy atom. The van der Waals surface area contributed by atoms with Crippen molar-refractivity contribution >= 4 is 34.2 Å². The summed E-state index contributed by atoms with van der Waals surface area (Å²) in [5.74, 6) is 0.325. The molecule has 0 unspecified atom stereocenters. The Bertz CT molecular complexity index is 992. The first-order valence-electron chi connectivity index (χ1n) is 8.73. The van der Waals surface area contributed by atoms with Gasteiger partial charge in [0.15, 0.2) is 0 Å². The minimum Gasteiger partial charge on any atom is -0.351 e. The van der Waals surface area contributed by atoms with Crippen LogP contribution in [0.1, 0.15) is 16.1 Å². The number of carbonyl (C=O) groups excluding carboxylic acids is 1. The number of nitrogens with zero attached hydrogens (tertiary/aromatic N) is 2. The van der Waals surface area contributed by atoms with Crippen molar-refractivity contribution in [1.82, 2.24) is 9.88 Å². The highest BCUT2D eigenvalue weighted by Gasteiger charge is 2.35. The number of rotatable bonds is 2. The number of hydrogen-bond donors (Lipinski definition) is 1. The zero-order chi connectivity index (χ0) is 19.9. The average molecular weight is 410 g/mol. The van der Waals surface area contributed by atoms with Gasteiger partial charge in [0.1, 0.15) is 30.0 Å². The number of hydrogen-bond acceptors (Lipinski definition) is 2. The molecule has 5 nitrogen and oxygen atoms in total. The molecule has 1 aromatic carbocycles. The SMILES string of the molecule is O=C(c1cc2ccccc2[nH]1)N1CCN(c2[nH+]cc(C(F)(F)F)cc2Cl)CC1. The topological polar surface area (TPSA) is 53.5 Å². The number of piperazine rings is 1. The number of aromatic nitrogens is 2. The van der Waals surface area contributed by atoms with Crippen molar-refractivity contribution in [2.24, 2.45) is 0 Å². The van der Waals surface area contributed by atoms with Crippen LogP contribution in [-0.2, 0) is 6.18 Å². The maximum atomic E-state index is 12.8. The molecular weight excluding hydrogens is 393 g/mol. The summed E-state index contributed by atoms with van der Waals surface area (Å²) in [5, 5.41) is 0.973. The lowest BCUT2D eigenvalue weighted by Crippen LogP contribution is -2.50. The number of alkyl halides is 3. The maximum Gasteiger partial charge on any atom is 0.419 e. The number of anilines is 1. The summed E-state index contributed by atoms with van der Waals surface area (Å²) in [6, 6.07) is 10.4. The van der Waals surface area contributed by atoms with Crippen molar-refractivity contribution in [3.8, 4) is 0 Å². The van der Waals surface area contributed by atoms with Crippen molar-refractivity contribution < 1.29 is 22.9 Å². The van der Waals surface area contributed by atoms with Crippen molar-refractivity contribution in [1.29, 1.82) is 0 Å². The van der Waals surface area contributed by atoms with E-state index in [1.807, 2.05) is 35.2 Å². The van der Waals surface area contributed by atoms with Gasteiger partial charge in [-0.1, -0.05) is 29.8 Å². The van der Waals surface area contributed by atoms with E-state index in [1.54, 1.807) is 4.90 Å². The quantitative estimate of drug-likeness (QED) is 0.703. The molecule has 2 N–H and O–H groups in total. The predicted molar refractivity (Wildman–Crippen MR) is 99.4 cm³/mol. The first-order valence-corrected chi connectivity index (χ1v) is 9.11. The normalized spacial score (nSPS) is 15.3. The maximum absolute atomic E-state index is 12.8. The molecule has 0 atom stereocenters. The van der Waals surface area contributed by atoms with Gasteiger partial charge in [0.05, 0.1) is 18.7 Å². The summed E-state index contributed by atoms with van der Waals surface area (Å²) >= 11 is 6.05. The fourth-order valence-electron chi connectivity index (χ4n) is 3.36. The number of nitrogens with one attached hydrogen (secondary N) is 2. The molecule has 0 radical (unpaired) electrons. The molecule has 1 amide bonds. The van der Waals surface area contributed by atoms with Crippen molar-refractivity contribution in [2.75, 3.05) is 31.1 Å². The lowest BCUT2D eigenvalue weighted by molar-refractivity contribution is -0.367. The van der Waals surface area contributed by atoms with E-state index in [0.29, 0.717) is 37.7 Å². The van der Waals surface area contributed by atoms with Gasteiger partial charge in [-0.15, -0.1) is 0 Å². The standard InChI is InChI=1S/C19H16ClF3N4O/c20-14-10-13(19(21,22)23)11-24-17(14)26-5-7-27(8-6-26)18(28)16-9-12-3-1-2-4-15(12)25-16/h1-4,9-11,25H,5-8H2/p+1. The van der Waals surface area contributed by atoms with Crippen molar-refractivity contribution in [3.05, 3.63) is 58.9 Å². The van der Waals surface area contributed by atoms with Crippen LogP contribution in [0.15, 0.2) is 42.6 Å². The number of aromatic amines is 2. The van der Waals surface area contributed by atoms with Crippen LogP contribution in [0.3, 0.4) is 0 Å². The van der Waals surface area contributed by atoms with E-state index in [9.17, 15) is 18.0 Å². The van der Waals surface area contributed by atoms with Crippen LogP contribution in [0.2, 0.25) is 5.02 Å². The average Bonchev–Trinajstić information content (AvgIpc) is 3.11. The number of pyridine rings is 1. The van der Waals surface area contributed by atoms with Gasteiger partial charge in [-0.2, -0.15) is 13.2 Å². The summed E-state index contributed by atoms with van der Waals surface area (Å²) in [6.45, 7) is 1.82. The largest absolute Gasteiger partial charge is 0.419 e. The van der Waals surface area contributed by atoms with Crippen LogP contribution in [0, 0.1) is 0 Å².